The molecule has 5 heteroatoms. The molecule has 1 atom stereocenters. The Kier molecular flexibility index (Phi) is 3.70. The Balaban J connectivity index is 1.57. The maximum atomic E-state index is 12.6. The van der Waals surface area contributed by atoms with E-state index in [0.717, 1.165) is 29.6 Å². The summed E-state index contributed by atoms with van der Waals surface area (Å²) in [5, 5.41) is 1.26. The molecule has 0 amide bonds. The number of hydrogen-bond donors (Lipinski definition) is 2. The summed E-state index contributed by atoms with van der Waals surface area (Å²) >= 11 is 0. The SMILES string of the molecule is Cc1ccc(S(=O)(=O)NC2CCc3c([nH]c4ccccc34)C2)cc1. The molecule has 1 unspecified atom stereocenters. The van der Waals surface area contributed by atoms with Gasteiger partial charge in [-0.3, -0.25) is 0 Å². The number of sulfonamides is 1. The molecule has 1 aliphatic carbocycles. The van der Waals surface area contributed by atoms with E-state index < -0.39 is 10.0 Å². The van der Waals surface area contributed by atoms with E-state index in [1.165, 1.54) is 10.9 Å². The van der Waals surface area contributed by atoms with Gasteiger partial charge in [-0.1, -0.05) is 35.9 Å². The van der Waals surface area contributed by atoms with Gasteiger partial charge in [0.05, 0.1) is 4.90 Å². The average Bonchev–Trinajstić information content (AvgIpc) is 2.92. The molecule has 4 nitrogen and oxygen atoms in total. The van der Waals surface area contributed by atoms with Gasteiger partial charge in [0.2, 0.25) is 10.0 Å². The Hall–Kier alpha value is -2.11. The Bertz CT molecular complexity index is 988. The van der Waals surface area contributed by atoms with Crippen LogP contribution in [0, 0.1) is 6.92 Å². The predicted molar refractivity (Wildman–Crippen MR) is 95.6 cm³/mol. The first-order chi connectivity index (χ1) is 11.5. The van der Waals surface area contributed by atoms with Crippen LogP contribution in [-0.2, 0) is 22.9 Å². The molecule has 0 saturated heterocycles. The molecule has 0 fully saturated rings. The first kappa shape index (κ1) is 15.4. The van der Waals surface area contributed by atoms with E-state index in [9.17, 15) is 8.42 Å². The van der Waals surface area contributed by atoms with Crippen LogP contribution < -0.4 is 4.72 Å². The molecule has 0 spiro atoms. The second kappa shape index (κ2) is 5.76. The molecule has 0 radical (unpaired) electrons. The molecule has 124 valence electrons. The highest BCUT2D eigenvalue weighted by molar-refractivity contribution is 7.89. The summed E-state index contributed by atoms with van der Waals surface area (Å²) in [6.45, 7) is 1.95. The van der Waals surface area contributed by atoms with Crippen molar-refractivity contribution in [1.82, 2.24) is 9.71 Å². The average molecular weight is 340 g/mol. The molecule has 24 heavy (non-hydrogen) atoms. The van der Waals surface area contributed by atoms with Gasteiger partial charge in [-0.25, -0.2) is 13.1 Å². The van der Waals surface area contributed by atoms with Crippen LogP contribution in [0.3, 0.4) is 0 Å². The number of para-hydroxylation sites is 1. The van der Waals surface area contributed by atoms with Crippen LogP contribution in [0.1, 0.15) is 23.2 Å². The van der Waals surface area contributed by atoms with Gasteiger partial charge in [-0.15, -0.1) is 0 Å². The van der Waals surface area contributed by atoms with Crippen molar-refractivity contribution in [3.63, 3.8) is 0 Å². The van der Waals surface area contributed by atoms with Gasteiger partial charge in [0, 0.05) is 29.1 Å². The van der Waals surface area contributed by atoms with Crippen LogP contribution in [0.15, 0.2) is 53.4 Å². The van der Waals surface area contributed by atoms with Crippen molar-refractivity contribution in [2.24, 2.45) is 0 Å². The number of aromatic nitrogens is 1. The number of aromatic amines is 1. The van der Waals surface area contributed by atoms with Crippen LogP contribution in [0.5, 0.6) is 0 Å². The lowest BCUT2D eigenvalue weighted by molar-refractivity contribution is 0.505. The van der Waals surface area contributed by atoms with Crippen molar-refractivity contribution in [3.05, 3.63) is 65.4 Å². The fraction of sp³-hybridized carbons (Fsp3) is 0.263. The second-order valence-corrected chi connectivity index (χ2v) is 8.22. The number of aryl methyl sites for hydroxylation is 2. The maximum absolute atomic E-state index is 12.6. The molecule has 2 aromatic carbocycles. The highest BCUT2D eigenvalue weighted by Gasteiger charge is 2.26. The molecular formula is C19H20N2O2S. The highest BCUT2D eigenvalue weighted by Crippen LogP contribution is 2.29. The molecule has 0 aliphatic heterocycles. The van der Waals surface area contributed by atoms with E-state index >= 15 is 0 Å². The van der Waals surface area contributed by atoms with E-state index in [2.05, 4.69) is 21.8 Å². The number of fused-ring (bicyclic) bond motifs is 3. The maximum Gasteiger partial charge on any atom is 0.240 e. The van der Waals surface area contributed by atoms with Crippen LogP contribution in [0.2, 0.25) is 0 Å². The molecule has 0 saturated carbocycles. The van der Waals surface area contributed by atoms with E-state index in [0.29, 0.717) is 11.3 Å². The zero-order chi connectivity index (χ0) is 16.7. The fourth-order valence-corrected chi connectivity index (χ4v) is 4.76. The number of benzene rings is 2. The summed E-state index contributed by atoms with van der Waals surface area (Å²) in [6.07, 6.45) is 2.41. The van der Waals surface area contributed by atoms with Crippen LogP contribution in [-0.4, -0.2) is 19.4 Å². The number of H-pyrrole nitrogens is 1. The van der Waals surface area contributed by atoms with Crippen molar-refractivity contribution in [3.8, 4) is 0 Å². The molecule has 4 rings (SSSR count). The topological polar surface area (TPSA) is 62.0 Å². The Morgan fingerprint density at radius 1 is 1.08 bits per heavy atom. The third-order valence-electron chi connectivity index (χ3n) is 4.75. The molecule has 2 N–H and O–H groups in total. The molecule has 1 aromatic heterocycles. The van der Waals surface area contributed by atoms with Gasteiger partial charge in [0.1, 0.15) is 0 Å². The van der Waals surface area contributed by atoms with Gasteiger partial charge in [-0.05, 0) is 43.5 Å². The summed E-state index contributed by atoms with van der Waals surface area (Å²) in [4.78, 5) is 3.77. The Morgan fingerprint density at radius 3 is 2.62 bits per heavy atom. The van der Waals surface area contributed by atoms with Gasteiger partial charge < -0.3 is 4.98 Å². The van der Waals surface area contributed by atoms with Crippen molar-refractivity contribution >= 4 is 20.9 Å². The molecule has 1 heterocycles. The second-order valence-electron chi connectivity index (χ2n) is 6.50. The van der Waals surface area contributed by atoms with Crippen molar-refractivity contribution in [1.29, 1.82) is 0 Å². The summed E-state index contributed by atoms with van der Waals surface area (Å²) in [6, 6.07) is 15.2. The normalized spacial score (nSPS) is 17.8. The standard InChI is InChI=1S/C19H20N2O2S/c1-13-6-9-15(10-7-13)24(22,23)21-14-8-11-17-16-4-2-3-5-18(16)20-19(17)12-14/h2-7,9-10,14,20-21H,8,11-12H2,1H3. The molecule has 3 aromatic rings. The van der Waals surface area contributed by atoms with Gasteiger partial charge >= 0.3 is 0 Å². The number of rotatable bonds is 3. The number of nitrogens with one attached hydrogen (secondary N) is 2. The summed E-state index contributed by atoms with van der Waals surface area (Å²) < 4.78 is 28.0. The Morgan fingerprint density at radius 2 is 1.83 bits per heavy atom. The van der Waals surface area contributed by atoms with Crippen LogP contribution in [0.25, 0.3) is 10.9 Å². The van der Waals surface area contributed by atoms with Crippen LogP contribution in [0.4, 0.5) is 0 Å². The van der Waals surface area contributed by atoms with Gasteiger partial charge in [0.15, 0.2) is 0 Å². The minimum absolute atomic E-state index is 0.0723. The number of hydrogen-bond acceptors (Lipinski definition) is 2. The smallest absolute Gasteiger partial charge is 0.240 e. The van der Waals surface area contributed by atoms with E-state index in [4.69, 9.17) is 0 Å². The van der Waals surface area contributed by atoms with Crippen molar-refractivity contribution in [2.45, 2.75) is 37.1 Å². The van der Waals surface area contributed by atoms with E-state index in [1.54, 1.807) is 12.1 Å². The molecule has 1 aliphatic rings. The van der Waals surface area contributed by atoms with Crippen LogP contribution >= 0.6 is 0 Å². The Labute approximate surface area is 142 Å². The lowest BCUT2D eigenvalue weighted by Gasteiger charge is -2.23. The minimum atomic E-state index is -3.47. The largest absolute Gasteiger partial charge is 0.358 e. The van der Waals surface area contributed by atoms with E-state index in [-0.39, 0.29) is 6.04 Å². The molecule has 0 bridgehead atoms. The first-order valence-electron chi connectivity index (χ1n) is 8.20. The van der Waals surface area contributed by atoms with E-state index in [1.807, 2.05) is 31.2 Å². The highest BCUT2D eigenvalue weighted by atomic mass is 32.2. The predicted octanol–water partition coefficient (Wildman–Crippen LogP) is 3.31. The van der Waals surface area contributed by atoms with Gasteiger partial charge in [-0.2, -0.15) is 0 Å². The molecular weight excluding hydrogens is 320 g/mol. The fourth-order valence-electron chi connectivity index (χ4n) is 3.49. The minimum Gasteiger partial charge on any atom is -0.358 e. The monoisotopic (exact) mass is 340 g/mol. The lowest BCUT2D eigenvalue weighted by Crippen LogP contribution is -2.38. The third kappa shape index (κ3) is 2.74. The van der Waals surface area contributed by atoms with Crippen molar-refractivity contribution in [2.75, 3.05) is 0 Å². The summed E-state index contributed by atoms with van der Waals surface area (Å²) in [5.41, 5.74) is 4.66. The van der Waals surface area contributed by atoms with Crippen molar-refractivity contribution < 1.29 is 8.42 Å². The first-order valence-corrected chi connectivity index (χ1v) is 9.69. The summed E-state index contributed by atoms with van der Waals surface area (Å²) in [7, 11) is -3.47. The zero-order valence-electron chi connectivity index (χ0n) is 13.5. The van der Waals surface area contributed by atoms with Gasteiger partial charge in [0.25, 0.3) is 0 Å². The zero-order valence-corrected chi connectivity index (χ0v) is 14.4. The third-order valence-corrected chi connectivity index (χ3v) is 6.28. The quantitative estimate of drug-likeness (QED) is 0.768. The lowest BCUT2D eigenvalue weighted by atomic mass is 9.92. The summed E-state index contributed by atoms with van der Waals surface area (Å²) in [5.74, 6) is 0.